The lowest BCUT2D eigenvalue weighted by Gasteiger charge is -2.30. The largest absolute Gasteiger partial charge is 0.455 e. The van der Waals surface area contributed by atoms with Crippen LogP contribution < -0.4 is 0 Å². The minimum atomic E-state index is -3.67. The summed E-state index contributed by atoms with van der Waals surface area (Å²) in [4.78, 5) is 25.8. The van der Waals surface area contributed by atoms with Crippen LogP contribution in [0.3, 0.4) is 0 Å². The molecule has 1 aromatic carbocycles. The molecule has 1 aromatic rings. The molecule has 0 atom stereocenters. The molecule has 152 valence electrons. The van der Waals surface area contributed by atoms with Gasteiger partial charge < -0.3 is 9.64 Å². The molecule has 1 fully saturated rings. The summed E-state index contributed by atoms with van der Waals surface area (Å²) < 4.78 is 31.9. The van der Waals surface area contributed by atoms with Crippen LogP contribution in [-0.2, 0) is 24.3 Å². The summed E-state index contributed by atoms with van der Waals surface area (Å²) in [5.41, 5.74) is 0.389. The summed E-state index contributed by atoms with van der Waals surface area (Å²) in [6, 6.07) is 7.69. The third-order valence-corrected chi connectivity index (χ3v) is 6.78. The summed E-state index contributed by atoms with van der Waals surface area (Å²) in [6.45, 7) is 4.93. The second kappa shape index (κ2) is 9.66. The summed E-state index contributed by atoms with van der Waals surface area (Å²) in [5, 5.41) is 8.82. The van der Waals surface area contributed by atoms with Crippen molar-refractivity contribution in [3.8, 4) is 6.07 Å². The summed E-state index contributed by atoms with van der Waals surface area (Å²) in [7, 11) is -3.67. The number of rotatable bonds is 7. The summed E-state index contributed by atoms with van der Waals surface area (Å²) in [5.74, 6) is -1.12. The van der Waals surface area contributed by atoms with E-state index >= 15 is 0 Å². The molecule has 0 bridgehead atoms. The van der Waals surface area contributed by atoms with Crippen LogP contribution in [0.5, 0.6) is 0 Å². The molecule has 1 aliphatic heterocycles. The predicted molar refractivity (Wildman–Crippen MR) is 102 cm³/mol. The average Bonchev–Trinajstić information content (AvgIpc) is 2.73. The lowest BCUT2D eigenvalue weighted by atomic mass is 9.98. The van der Waals surface area contributed by atoms with Crippen molar-refractivity contribution in [2.45, 2.75) is 31.6 Å². The molecule has 0 saturated carbocycles. The fraction of sp³-hybridized carbons (Fsp3) is 0.526. The first-order valence-corrected chi connectivity index (χ1v) is 10.7. The average molecular weight is 407 g/mol. The van der Waals surface area contributed by atoms with Gasteiger partial charge in [0.05, 0.1) is 22.4 Å². The van der Waals surface area contributed by atoms with Crippen LogP contribution in [0.25, 0.3) is 0 Å². The number of hydrogen-bond donors (Lipinski definition) is 0. The van der Waals surface area contributed by atoms with Crippen molar-refractivity contribution in [1.82, 2.24) is 9.21 Å². The Hall–Kier alpha value is -2.44. The Morgan fingerprint density at radius 1 is 1.18 bits per heavy atom. The zero-order chi connectivity index (χ0) is 20.7. The second-order valence-corrected chi connectivity index (χ2v) is 8.43. The number of nitrogens with zero attached hydrogens (tertiary/aromatic N) is 3. The van der Waals surface area contributed by atoms with Crippen molar-refractivity contribution in [3.63, 3.8) is 0 Å². The molecular formula is C19H25N3O5S. The van der Waals surface area contributed by atoms with E-state index in [1.165, 1.54) is 28.6 Å². The van der Waals surface area contributed by atoms with Crippen molar-refractivity contribution in [2.24, 2.45) is 5.92 Å². The number of amides is 1. The number of benzene rings is 1. The van der Waals surface area contributed by atoms with Crippen LogP contribution in [0.4, 0.5) is 0 Å². The van der Waals surface area contributed by atoms with Crippen LogP contribution in [0, 0.1) is 17.2 Å². The van der Waals surface area contributed by atoms with E-state index in [1.54, 1.807) is 4.90 Å². The Balaban J connectivity index is 1.90. The number of piperidine rings is 1. The first-order chi connectivity index (χ1) is 13.3. The summed E-state index contributed by atoms with van der Waals surface area (Å²) in [6.07, 6.45) is 0.682. The van der Waals surface area contributed by atoms with E-state index in [4.69, 9.17) is 10.00 Å². The van der Waals surface area contributed by atoms with Gasteiger partial charge in [-0.05, 0) is 51.0 Å². The van der Waals surface area contributed by atoms with E-state index in [1.807, 2.05) is 19.9 Å². The van der Waals surface area contributed by atoms with Crippen molar-refractivity contribution in [3.05, 3.63) is 29.8 Å². The van der Waals surface area contributed by atoms with Crippen LogP contribution in [0.1, 0.15) is 32.3 Å². The smallest absolute Gasteiger partial charge is 0.309 e. The zero-order valence-electron chi connectivity index (χ0n) is 16.1. The highest BCUT2D eigenvalue weighted by atomic mass is 32.2. The highest BCUT2D eigenvalue weighted by Gasteiger charge is 2.33. The highest BCUT2D eigenvalue weighted by molar-refractivity contribution is 7.89. The number of nitriles is 1. The van der Waals surface area contributed by atoms with E-state index in [2.05, 4.69) is 0 Å². The van der Waals surface area contributed by atoms with Crippen LogP contribution >= 0.6 is 0 Å². The van der Waals surface area contributed by atoms with Gasteiger partial charge in [-0.25, -0.2) is 8.42 Å². The second-order valence-electron chi connectivity index (χ2n) is 6.49. The van der Waals surface area contributed by atoms with Crippen LogP contribution in [0.15, 0.2) is 29.2 Å². The minimum absolute atomic E-state index is 0.123. The van der Waals surface area contributed by atoms with Crippen molar-refractivity contribution < 1.29 is 22.7 Å². The highest BCUT2D eigenvalue weighted by Crippen LogP contribution is 2.24. The van der Waals surface area contributed by atoms with Gasteiger partial charge in [-0.1, -0.05) is 0 Å². The number of carbonyl (C=O) groups is 2. The van der Waals surface area contributed by atoms with Gasteiger partial charge in [-0.15, -0.1) is 0 Å². The number of esters is 1. The number of carbonyl (C=O) groups excluding carboxylic acids is 2. The minimum Gasteiger partial charge on any atom is -0.455 e. The van der Waals surface area contributed by atoms with Crippen molar-refractivity contribution >= 4 is 21.9 Å². The molecule has 0 radical (unpaired) electrons. The maximum absolute atomic E-state index is 12.7. The molecule has 9 heteroatoms. The third kappa shape index (κ3) is 5.09. The molecular weight excluding hydrogens is 382 g/mol. The zero-order valence-corrected chi connectivity index (χ0v) is 16.9. The molecule has 0 aliphatic carbocycles. The molecule has 1 heterocycles. The van der Waals surface area contributed by atoms with E-state index in [9.17, 15) is 18.0 Å². The monoisotopic (exact) mass is 407 g/mol. The number of likely N-dealkylation sites (N-methyl/N-ethyl adjacent to an activating group) is 1. The molecule has 1 amide bonds. The van der Waals surface area contributed by atoms with Crippen LogP contribution in [-0.4, -0.2) is 62.3 Å². The Kier molecular flexibility index (Phi) is 7.54. The lowest BCUT2D eigenvalue weighted by Crippen LogP contribution is -2.41. The van der Waals surface area contributed by atoms with Gasteiger partial charge in [0.15, 0.2) is 6.61 Å². The Labute approximate surface area is 165 Å². The number of hydrogen-bond acceptors (Lipinski definition) is 6. The van der Waals surface area contributed by atoms with Crippen LogP contribution in [0.2, 0.25) is 0 Å². The lowest BCUT2D eigenvalue weighted by molar-refractivity contribution is -0.156. The molecule has 2 rings (SSSR count). The van der Waals surface area contributed by atoms with Crippen molar-refractivity contribution in [1.29, 1.82) is 5.26 Å². The van der Waals surface area contributed by atoms with E-state index in [0.717, 1.165) is 0 Å². The van der Waals surface area contributed by atoms with Crippen molar-refractivity contribution in [2.75, 3.05) is 32.8 Å². The Bertz CT molecular complexity index is 833. The molecule has 0 unspecified atom stereocenters. The molecule has 0 aromatic heterocycles. The van der Waals surface area contributed by atoms with Gasteiger partial charge >= 0.3 is 5.97 Å². The normalized spacial score (nSPS) is 15.6. The fourth-order valence-electron chi connectivity index (χ4n) is 3.10. The first kappa shape index (κ1) is 21.9. The Morgan fingerprint density at radius 2 is 1.75 bits per heavy atom. The van der Waals surface area contributed by atoms with Gasteiger partial charge in [0.1, 0.15) is 0 Å². The topological polar surface area (TPSA) is 108 Å². The summed E-state index contributed by atoms with van der Waals surface area (Å²) >= 11 is 0. The van der Waals surface area contributed by atoms with E-state index in [-0.39, 0.29) is 30.5 Å². The SMILES string of the molecule is CCN(CC)C(=O)COC(=O)C1CCN(S(=O)(=O)c2ccc(C#N)cc2)CC1. The van der Waals surface area contributed by atoms with E-state index in [0.29, 0.717) is 31.5 Å². The fourth-order valence-corrected chi connectivity index (χ4v) is 4.57. The van der Waals surface area contributed by atoms with Gasteiger partial charge in [0.25, 0.3) is 5.91 Å². The van der Waals surface area contributed by atoms with E-state index < -0.39 is 21.9 Å². The standard InChI is InChI=1S/C19H25N3O5S/c1-3-21(4-2)18(23)14-27-19(24)16-9-11-22(12-10-16)28(25,26)17-7-5-15(13-20)6-8-17/h5-8,16H,3-4,9-12,14H2,1-2H3. The first-order valence-electron chi connectivity index (χ1n) is 9.28. The molecule has 1 aliphatic rings. The Morgan fingerprint density at radius 3 is 2.25 bits per heavy atom. The molecule has 0 N–H and O–H groups in total. The van der Waals surface area contributed by atoms with Gasteiger partial charge in [0, 0.05) is 26.2 Å². The maximum atomic E-state index is 12.7. The third-order valence-electron chi connectivity index (χ3n) is 4.86. The van der Waals surface area contributed by atoms with Gasteiger partial charge in [0.2, 0.25) is 10.0 Å². The molecule has 1 saturated heterocycles. The maximum Gasteiger partial charge on any atom is 0.309 e. The molecule has 28 heavy (non-hydrogen) atoms. The van der Waals surface area contributed by atoms with Gasteiger partial charge in [-0.3, -0.25) is 9.59 Å². The quantitative estimate of drug-likeness (QED) is 0.632. The molecule has 8 nitrogen and oxygen atoms in total. The molecule has 0 spiro atoms. The number of ether oxygens (including phenoxy) is 1. The predicted octanol–water partition coefficient (Wildman–Crippen LogP) is 1.37. The van der Waals surface area contributed by atoms with Gasteiger partial charge in [-0.2, -0.15) is 9.57 Å². The number of sulfonamides is 1.